The second-order valence-electron chi connectivity index (χ2n) is 5.52. The van der Waals surface area contributed by atoms with Crippen LogP contribution in [0.3, 0.4) is 0 Å². The Labute approximate surface area is 167 Å². The predicted molar refractivity (Wildman–Crippen MR) is 109 cm³/mol. The van der Waals surface area contributed by atoms with Crippen molar-refractivity contribution in [1.29, 1.82) is 0 Å². The molecular weight excluding hydrogens is 413 g/mol. The number of benzene rings is 2. The number of alkyl halides is 3. The molecule has 146 valence electrons. The highest BCUT2D eigenvalue weighted by molar-refractivity contribution is 8.77. The second-order valence-corrected chi connectivity index (χ2v) is 9.30. The molecule has 0 aliphatic carbocycles. The molecule has 1 atom stereocenters. The summed E-state index contributed by atoms with van der Waals surface area (Å²) in [7, 11) is 3.70. The lowest BCUT2D eigenvalue weighted by Crippen LogP contribution is -2.05. The standard InChI is InChI=1S/C19H19F3O2S3/c1-24-18-9-5-15(6-10-18)13-26-25-11-2-12-27(23)14-16-3-7-17(8-4-16)19(20,21)22/h2-11H,12-14H2,1H3. The normalized spacial score (nSPS) is 13.0. The van der Waals surface area contributed by atoms with Crippen LogP contribution in [0.15, 0.2) is 60.0 Å². The molecular formula is C19H19F3O2S3. The summed E-state index contributed by atoms with van der Waals surface area (Å²) < 4.78 is 54.7. The number of ether oxygens (including phenoxy) is 1. The monoisotopic (exact) mass is 432 g/mol. The van der Waals surface area contributed by atoms with Gasteiger partial charge < -0.3 is 4.74 Å². The van der Waals surface area contributed by atoms with E-state index in [1.165, 1.54) is 17.7 Å². The Bertz CT molecular complexity index is 757. The molecule has 27 heavy (non-hydrogen) atoms. The summed E-state index contributed by atoms with van der Waals surface area (Å²) in [5.74, 6) is 2.28. The van der Waals surface area contributed by atoms with Crippen molar-refractivity contribution in [2.45, 2.75) is 17.7 Å². The molecule has 0 amide bonds. The fraction of sp³-hybridized carbons (Fsp3) is 0.263. The van der Waals surface area contributed by atoms with Gasteiger partial charge in [0, 0.05) is 28.1 Å². The van der Waals surface area contributed by atoms with Crippen LogP contribution in [0, 0.1) is 0 Å². The van der Waals surface area contributed by atoms with Gasteiger partial charge in [-0.05, 0) is 40.8 Å². The molecule has 0 fully saturated rings. The van der Waals surface area contributed by atoms with Gasteiger partial charge in [-0.3, -0.25) is 4.21 Å². The molecule has 0 spiro atoms. The van der Waals surface area contributed by atoms with Gasteiger partial charge in [0.25, 0.3) is 0 Å². The van der Waals surface area contributed by atoms with E-state index < -0.39 is 22.5 Å². The Balaban J connectivity index is 1.67. The Morgan fingerprint density at radius 1 is 1.04 bits per heavy atom. The molecule has 0 saturated heterocycles. The first-order valence-corrected chi connectivity index (χ1v) is 11.8. The van der Waals surface area contributed by atoms with Crippen molar-refractivity contribution in [1.82, 2.24) is 0 Å². The van der Waals surface area contributed by atoms with Gasteiger partial charge in [0.1, 0.15) is 5.75 Å². The van der Waals surface area contributed by atoms with Gasteiger partial charge >= 0.3 is 6.18 Å². The van der Waals surface area contributed by atoms with Gasteiger partial charge in [-0.15, -0.1) is 0 Å². The van der Waals surface area contributed by atoms with E-state index in [-0.39, 0.29) is 5.75 Å². The zero-order valence-corrected chi connectivity index (χ0v) is 17.0. The van der Waals surface area contributed by atoms with Crippen LogP contribution in [0.2, 0.25) is 0 Å². The Hall–Kier alpha value is -1.38. The van der Waals surface area contributed by atoms with Gasteiger partial charge in [0.2, 0.25) is 0 Å². The lowest BCUT2D eigenvalue weighted by Gasteiger charge is -2.07. The maximum absolute atomic E-state index is 12.5. The van der Waals surface area contributed by atoms with E-state index >= 15 is 0 Å². The van der Waals surface area contributed by atoms with Gasteiger partial charge in [-0.25, -0.2) is 0 Å². The third-order valence-electron chi connectivity index (χ3n) is 3.50. The molecule has 0 aliphatic rings. The Morgan fingerprint density at radius 3 is 2.26 bits per heavy atom. The van der Waals surface area contributed by atoms with E-state index in [1.54, 1.807) is 28.7 Å². The summed E-state index contributed by atoms with van der Waals surface area (Å²) in [5, 5.41) is 1.89. The number of methoxy groups -OCH3 is 1. The smallest absolute Gasteiger partial charge is 0.416 e. The van der Waals surface area contributed by atoms with Crippen molar-refractivity contribution >= 4 is 32.4 Å². The van der Waals surface area contributed by atoms with E-state index in [2.05, 4.69) is 0 Å². The molecule has 0 aromatic heterocycles. The molecule has 0 heterocycles. The first kappa shape index (κ1) is 21.9. The van der Waals surface area contributed by atoms with Crippen molar-refractivity contribution in [3.63, 3.8) is 0 Å². The van der Waals surface area contributed by atoms with Crippen LogP contribution in [0.4, 0.5) is 13.2 Å². The average molecular weight is 433 g/mol. The zero-order chi connectivity index (χ0) is 19.7. The predicted octanol–water partition coefficient (Wildman–Crippen LogP) is 6.06. The summed E-state index contributed by atoms with van der Waals surface area (Å²) >= 11 is 0. The van der Waals surface area contributed by atoms with E-state index in [0.29, 0.717) is 11.3 Å². The number of hydrogen-bond donors (Lipinski definition) is 0. The Morgan fingerprint density at radius 2 is 1.67 bits per heavy atom. The molecule has 0 N–H and O–H groups in total. The fourth-order valence-corrected chi connectivity index (χ4v) is 4.93. The number of rotatable bonds is 9. The maximum atomic E-state index is 12.5. The topological polar surface area (TPSA) is 26.3 Å². The summed E-state index contributed by atoms with van der Waals surface area (Å²) in [6.45, 7) is 0. The minimum atomic E-state index is -4.35. The van der Waals surface area contributed by atoms with Gasteiger partial charge in [-0.2, -0.15) is 13.2 Å². The minimum Gasteiger partial charge on any atom is -0.497 e. The number of halogens is 3. The zero-order valence-electron chi connectivity index (χ0n) is 14.6. The third-order valence-corrected chi connectivity index (χ3v) is 6.70. The van der Waals surface area contributed by atoms with Crippen LogP contribution >= 0.6 is 21.6 Å². The molecule has 2 rings (SSSR count). The van der Waals surface area contributed by atoms with Crippen molar-refractivity contribution in [2.75, 3.05) is 12.9 Å². The van der Waals surface area contributed by atoms with Gasteiger partial charge in [0.15, 0.2) is 0 Å². The van der Waals surface area contributed by atoms with Crippen molar-refractivity contribution in [2.24, 2.45) is 0 Å². The molecule has 2 nitrogen and oxygen atoms in total. The Kier molecular flexibility index (Phi) is 8.79. The van der Waals surface area contributed by atoms with Crippen molar-refractivity contribution in [3.05, 3.63) is 76.7 Å². The summed E-state index contributed by atoms with van der Waals surface area (Å²) in [6.07, 6.45) is -2.52. The lowest BCUT2D eigenvalue weighted by atomic mass is 10.1. The van der Waals surface area contributed by atoms with Crippen molar-refractivity contribution < 1.29 is 22.1 Å². The van der Waals surface area contributed by atoms with E-state index in [0.717, 1.165) is 23.6 Å². The van der Waals surface area contributed by atoms with E-state index in [1.807, 2.05) is 35.7 Å². The maximum Gasteiger partial charge on any atom is 0.416 e. The first-order chi connectivity index (χ1) is 12.9. The summed E-state index contributed by atoms with van der Waals surface area (Å²) in [4.78, 5) is 0. The summed E-state index contributed by atoms with van der Waals surface area (Å²) in [5.41, 5.74) is 1.13. The molecule has 2 aromatic carbocycles. The van der Waals surface area contributed by atoms with Crippen LogP contribution < -0.4 is 4.74 Å². The van der Waals surface area contributed by atoms with Gasteiger partial charge in [-0.1, -0.05) is 51.9 Å². The van der Waals surface area contributed by atoms with Crippen LogP contribution in [0.25, 0.3) is 0 Å². The van der Waals surface area contributed by atoms with Crippen molar-refractivity contribution in [3.8, 4) is 5.75 Å². The summed E-state index contributed by atoms with van der Waals surface area (Å²) in [6, 6.07) is 12.7. The molecule has 8 heteroatoms. The number of hydrogen-bond acceptors (Lipinski definition) is 4. The minimum absolute atomic E-state index is 0.242. The SMILES string of the molecule is COc1ccc(CSSC=CCS(=O)Cc2ccc(C(F)(F)F)cc2)cc1. The largest absolute Gasteiger partial charge is 0.497 e. The van der Waals surface area contributed by atoms with Crippen LogP contribution in [0.5, 0.6) is 5.75 Å². The molecule has 0 aliphatic heterocycles. The highest BCUT2D eigenvalue weighted by Gasteiger charge is 2.29. The quantitative estimate of drug-likeness (QED) is 0.355. The van der Waals surface area contributed by atoms with E-state index in [9.17, 15) is 17.4 Å². The molecule has 0 bridgehead atoms. The molecule has 0 saturated carbocycles. The van der Waals surface area contributed by atoms with E-state index in [4.69, 9.17) is 4.74 Å². The third kappa shape index (κ3) is 8.02. The fourth-order valence-electron chi connectivity index (χ4n) is 2.08. The van der Waals surface area contributed by atoms with Crippen LogP contribution in [0.1, 0.15) is 16.7 Å². The first-order valence-electron chi connectivity index (χ1n) is 7.96. The molecule has 2 aromatic rings. The van der Waals surface area contributed by atoms with Crippen LogP contribution in [-0.2, 0) is 28.5 Å². The molecule has 0 radical (unpaired) electrons. The molecule has 1 unspecified atom stereocenters. The van der Waals surface area contributed by atoms with Crippen LogP contribution in [-0.4, -0.2) is 17.1 Å². The van der Waals surface area contributed by atoms with Gasteiger partial charge in [0.05, 0.1) is 12.7 Å². The highest BCUT2D eigenvalue weighted by atomic mass is 33.1. The second kappa shape index (κ2) is 10.8. The lowest BCUT2D eigenvalue weighted by molar-refractivity contribution is -0.137. The highest BCUT2D eigenvalue weighted by Crippen LogP contribution is 2.29. The average Bonchev–Trinajstić information content (AvgIpc) is 2.64.